The van der Waals surface area contributed by atoms with Crippen molar-refractivity contribution in [1.82, 2.24) is 9.97 Å². The fourth-order valence-electron chi connectivity index (χ4n) is 2.61. The molecule has 1 aromatic heterocycles. The van der Waals surface area contributed by atoms with Crippen LogP contribution in [0, 0.1) is 23.4 Å². The summed E-state index contributed by atoms with van der Waals surface area (Å²) in [6.07, 6.45) is 4.18. The Morgan fingerprint density at radius 1 is 1.19 bits per heavy atom. The van der Waals surface area contributed by atoms with Gasteiger partial charge in [0.05, 0.1) is 0 Å². The first-order chi connectivity index (χ1) is 10.1. The number of aromatic nitrogens is 2. The Morgan fingerprint density at radius 3 is 2.57 bits per heavy atom. The number of nitrogens with zero attached hydrogens (tertiary/aromatic N) is 2. The van der Waals surface area contributed by atoms with Crippen molar-refractivity contribution >= 4 is 0 Å². The molecule has 0 saturated heterocycles. The number of hydrogen-bond acceptors (Lipinski definition) is 3. The molecule has 21 heavy (non-hydrogen) atoms. The third-order valence-corrected chi connectivity index (χ3v) is 3.83. The Bertz CT molecular complexity index is 665. The van der Waals surface area contributed by atoms with Gasteiger partial charge in [-0.25, -0.2) is 23.1 Å². The molecule has 1 atom stereocenters. The number of halogens is 3. The Hall–Kier alpha value is -1.95. The zero-order valence-corrected chi connectivity index (χ0v) is 11.2. The van der Waals surface area contributed by atoms with Crippen molar-refractivity contribution in [2.24, 2.45) is 11.7 Å². The second-order valence-electron chi connectivity index (χ2n) is 5.26. The zero-order chi connectivity index (χ0) is 15.0. The van der Waals surface area contributed by atoms with Crippen molar-refractivity contribution in [1.29, 1.82) is 0 Å². The highest BCUT2D eigenvalue weighted by atomic mass is 19.2. The fourth-order valence-corrected chi connectivity index (χ4v) is 2.61. The fraction of sp³-hybridized carbons (Fsp3) is 0.333. The van der Waals surface area contributed by atoms with E-state index >= 15 is 0 Å². The molecule has 1 heterocycles. The molecule has 1 aliphatic rings. The predicted octanol–water partition coefficient (Wildman–Crippen LogP) is 2.62. The second kappa shape index (κ2) is 5.44. The quantitative estimate of drug-likeness (QED) is 0.866. The molecule has 0 bridgehead atoms. The molecule has 0 saturated carbocycles. The summed E-state index contributed by atoms with van der Waals surface area (Å²) in [4.78, 5) is 8.49. The summed E-state index contributed by atoms with van der Waals surface area (Å²) >= 11 is 0. The first-order valence-electron chi connectivity index (χ1n) is 6.78. The van der Waals surface area contributed by atoms with Gasteiger partial charge in [0.2, 0.25) is 0 Å². The summed E-state index contributed by atoms with van der Waals surface area (Å²) in [7, 11) is 0. The minimum atomic E-state index is -1.48. The van der Waals surface area contributed by atoms with Gasteiger partial charge in [0, 0.05) is 17.5 Å². The average Bonchev–Trinajstić information content (AvgIpc) is 2.51. The molecular weight excluding hydrogens is 279 g/mol. The minimum Gasteiger partial charge on any atom is -0.330 e. The summed E-state index contributed by atoms with van der Waals surface area (Å²) in [5, 5.41) is 0. The topological polar surface area (TPSA) is 51.8 Å². The number of benzene rings is 1. The van der Waals surface area contributed by atoms with Crippen LogP contribution in [0.2, 0.25) is 0 Å². The van der Waals surface area contributed by atoms with Crippen LogP contribution in [0.3, 0.4) is 0 Å². The Labute approximate surface area is 120 Å². The Morgan fingerprint density at radius 2 is 1.90 bits per heavy atom. The van der Waals surface area contributed by atoms with Gasteiger partial charge in [0.15, 0.2) is 23.3 Å². The zero-order valence-electron chi connectivity index (χ0n) is 11.2. The van der Waals surface area contributed by atoms with Crippen LogP contribution in [0.4, 0.5) is 13.2 Å². The highest BCUT2D eigenvalue weighted by Gasteiger charge is 2.20. The molecule has 2 aromatic rings. The smallest absolute Gasteiger partial charge is 0.194 e. The van der Waals surface area contributed by atoms with Crippen molar-refractivity contribution in [2.75, 3.05) is 6.54 Å². The van der Waals surface area contributed by atoms with E-state index in [1.807, 2.05) is 0 Å². The molecule has 3 rings (SSSR count). The van der Waals surface area contributed by atoms with Gasteiger partial charge in [-0.15, -0.1) is 0 Å². The molecule has 1 aliphatic carbocycles. The Balaban J connectivity index is 1.98. The number of nitrogens with two attached hydrogens (primary N) is 1. The summed E-state index contributed by atoms with van der Waals surface area (Å²) in [6, 6.07) is 1.82. The van der Waals surface area contributed by atoms with Gasteiger partial charge in [0.25, 0.3) is 0 Å². The lowest BCUT2D eigenvalue weighted by molar-refractivity contribution is 0.447. The van der Waals surface area contributed by atoms with Crippen LogP contribution in [0.15, 0.2) is 18.3 Å². The summed E-state index contributed by atoms with van der Waals surface area (Å²) in [5.74, 6) is -3.34. The van der Waals surface area contributed by atoms with Gasteiger partial charge in [-0.05, 0) is 49.4 Å². The third-order valence-electron chi connectivity index (χ3n) is 3.83. The van der Waals surface area contributed by atoms with E-state index in [1.165, 1.54) is 0 Å². The lowest BCUT2D eigenvalue weighted by atomic mass is 9.87. The SMILES string of the molecule is NCC1CCc2nc(-c3cc(F)c(F)c(F)c3)ncc2C1. The van der Waals surface area contributed by atoms with E-state index in [9.17, 15) is 13.2 Å². The molecule has 0 radical (unpaired) electrons. The summed E-state index contributed by atoms with van der Waals surface area (Å²) in [6.45, 7) is 0.621. The highest BCUT2D eigenvalue weighted by Crippen LogP contribution is 2.26. The molecule has 110 valence electrons. The molecule has 0 amide bonds. The molecule has 0 spiro atoms. The number of rotatable bonds is 2. The van der Waals surface area contributed by atoms with Crippen LogP contribution in [-0.4, -0.2) is 16.5 Å². The molecule has 0 aliphatic heterocycles. The van der Waals surface area contributed by atoms with Crippen LogP contribution in [0.5, 0.6) is 0 Å². The molecule has 1 unspecified atom stereocenters. The van der Waals surface area contributed by atoms with E-state index in [4.69, 9.17) is 5.73 Å². The van der Waals surface area contributed by atoms with Gasteiger partial charge in [-0.2, -0.15) is 0 Å². The first kappa shape index (κ1) is 14.0. The van der Waals surface area contributed by atoms with E-state index in [1.54, 1.807) is 6.20 Å². The van der Waals surface area contributed by atoms with Crippen LogP contribution in [0.1, 0.15) is 17.7 Å². The van der Waals surface area contributed by atoms with Crippen LogP contribution in [0.25, 0.3) is 11.4 Å². The van der Waals surface area contributed by atoms with E-state index in [2.05, 4.69) is 9.97 Å². The maximum atomic E-state index is 13.3. The van der Waals surface area contributed by atoms with Gasteiger partial charge in [0.1, 0.15) is 0 Å². The van der Waals surface area contributed by atoms with Gasteiger partial charge >= 0.3 is 0 Å². The van der Waals surface area contributed by atoms with Crippen LogP contribution < -0.4 is 5.73 Å². The van der Waals surface area contributed by atoms with Crippen molar-refractivity contribution in [2.45, 2.75) is 19.3 Å². The normalized spacial score (nSPS) is 17.6. The minimum absolute atomic E-state index is 0.134. The van der Waals surface area contributed by atoms with Crippen LogP contribution in [-0.2, 0) is 12.8 Å². The van der Waals surface area contributed by atoms with E-state index in [-0.39, 0.29) is 11.4 Å². The maximum absolute atomic E-state index is 13.3. The van der Waals surface area contributed by atoms with Crippen molar-refractivity contribution < 1.29 is 13.2 Å². The van der Waals surface area contributed by atoms with E-state index < -0.39 is 17.5 Å². The molecule has 0 fully saturated rings. The average molecular weight is 293 g/mol. The van der Waals surface area contributed by atoms with Gasteiger partial charge in [-0.3, -0.25) is 0 Å². The van der Waals surface area contributed by atoms with Gasteiger partial charge < -0.3 is 5.73 Å². The van der Waals surface area contributed by atoms with Crippen LogP contribution >= 0.6 is 0 Å². The molecule has 3 nitrogen and oxygen atoms in total. The third kappa shape index (κ3) is 2.63. The Kier molecular flexibility index (Phi) is 3.63. The standard InChI is InChI=1S/C15H14F3N3/c16-11-4-9(5-12(17)14(11)18)15-20-7-10-3-8(6-19)1-2-13(10)21-15/h4-5,7-8H,1-3,6,19H2. The predicted molar refractivity (Wildman–Crippen MR) is 71.9 cm³/mol. The molecule has 1 aromatic carbocycles. The molecule has 6 heteroatoms. The number of fused-ring (bicyclic) bond motifs is 1. The number of hydrogen-bond donors (Lipinski definition) is 1. The van der Waals surface area contributed by atoms with E-state index in [0.717, 1.165) is 42.7 Å². The molecular formula is C15H14F3N3. The highest BCUT2D eigenvalue weighted by molar-refractivity contribution is 5.55. The van der Waals surface area contributed by atoms with Gasteiger partial charge in [-0.1, -0.05) is 0 Å². The van der Waals surface area contributed by atoms with Crippen molar-refractivity contribution in [3.05, 3.63) is 47.0 Å². The molecule has 2 N–H and O–H groups in total. The van der Waals surface area contributed by atoms with Crippen molar-refractivity contribution in [3.63, 3.8) is 0 Å². The maximum Gasteiger partial charge on any atom is 0.194 e. The lowest BCUT2D eigenvalue weighted by Crippen LogP contribution is -2.23. The van der Waals surface area contributed by atoms with E-state index in [0.29, 0.717) is 12.5 Å². The largest absolute Gasteiger partial charge is 0.330 e. The lowest BCUT2D eigenvalue weighted by Gasteiger charge is -2.22. The van der Waals surface area contributed by atoms with Crippen molar-refractivity contribution in [3.8, 4) is 11.4 Å². The second-order valence-corrected chi connectivity index (χ2v) is 5.26. The summed E-state index contributed by atoms with van der Waals surface area (Å²) in [5.41, 5.74) is 7.69. The first-order valence-corrected chi connectivity index (χ1v) is 6.78. The number of aryl methyl sites for hydroxylation is 1. The summed E-state index contributed by atoms with van der Waals surface area (Å²) < 4.78 is 39.5. The monoisotopic (exact) mass is 293 g/mol.